The Labute approximate surface area is 240 Å². The number of nitrogens with one attached hydrogen (secondary N) is 2. The van der Waals surface area contributed by atoms with Crippen LogP contribution < -0.4 is 15.5 Å². The zero-order valence-electron chi connectivity index (χ0n) is 22.9. The third kappa shape index (κ3) is 5.54. The highest BCUT2D eigenvalue weighted by Gasteiger charge is 2.30. The molecule has 2 amide bonds. The first kappa shape index (κ1) is 27.4. The van der Waals surface area contributed by atoms with E-state index in [0.717, 1.165) is 34.6 Å². The Bertz CT molecular complexity index is 1640. The second-order valence-corrected chi connectivity index (χ2v) is 10.5. The van der Waals surface area contributed by atoms with Crippen LogP contribution in [0.4, 0.5) is 24.5 Å². The van der Waals surface area contributed by atoms with Gasteiger partial charge in [0.15, 0.2) is 0 Å². The molecule has 0 spiro atoms. The summed E-state index contributed by atoms with van der Waals surface area (Å²) in [5, 5.41) is 6.14. The van der Waals surface area contributed by atoms with Crippen molar-refractivity contribution in [2.45, 2.75) is 19.3 Å². The zero-order valence-corrected chi connectivity index (χ0v) is 22.9. The third-order valence-electron chi connectivity index (χ3n) is 7.72. The largest absolute Gasteiger partial charge is 0.416 e. The summed E-state index contributed by atoms with van der Waals surface area (Å²) in [6, 6.07) is 16.3. The first-order chi connectivity index (χ1) is 20.2. The van der Waals surface area contributed by atoms with E-state index in [9.17, 15) is 22.8 Å². The van der Waals surface area contributed by atoms with E-state index >= 15 is 0 Å². The third-order valence-corrected chi connectivity index (χ3v) is 7.72. The Kier molecular flexibility index (Phi) is 7.09. The van der Waals surface area contributed by atoms with E-state index in [0.29, 0.717) is 61.7 Å². The fourth-order valence-corrected chi connectivity index (χ4v) is 5.37. The SMILES string of the molecule is Cn1cnc(-c2cc(C(=O)N3CCN(c4ccc5c(c4)CNC5=O)CC3)ccc2NCc2ccc(C(F)(F)F)cc2)c1. The van der Waals surface area contributed by atoms with Crippen LogP contribution in [0.15, 0.2) is 73.2 Å². The van der Waals surface area contributed by atoms with E-state index in [1.54, 1.807) is 12.4 Å². The quantitative estimate of drug-likeness (QED) is 0.342. The molecule has 216 valence electrons. The van der Waals surface area contributed by atoms with Gasteiger partial charge < -0.3 is 25.0 Å². The molecule has 0 atom stereocenters. The number of benzene rings is 3. The van der Waals surface area contributed by atoms with Gasteiger partial charge in [-0.3, -0.25) is 9.59 Å². The first-order valence-electron chi connectivity index (χ1n) is 13.6. The van der Waals surface area contributed by atoms with Gasteiger partial charge in [0.1, 0.15) is 0 Å². The normalized spacial score (nSPS) is 15.0. The van der Waals surface area contributed by atoms with Crippen LogP contribution in [0.1, 0.15) is 37.4 Å². The maximum Gasteiger partial charge on any atom is 0.416 e. The van der Waals surface area contributed by atoms with Crippen LogP contribution in [0.2, 0.25) is 0 Å². The summed E-state index contributed by atoms with van der Waals surface area (Å²) in [6.45, 7) is 3.30. The number of hydrogen-bond donors (Lipinski definition) is 2. The summed E-state index contributed by atoms with van der Waals surface area (Å²) in [6.07, 6.45) is -0.854. The fourth-order valence-electron chi connectivity index (χ4n) is 5.37. The van der Waals surface area contributed by atoms with Crippen LogP contribution in [0.3, 0.4) is 0 Å². The molecule has 0 saturated carbocycles. The molecule has 0 aliphatic carbocycles. The van der Waals surface area contributed by atoms with Crippen molar-refractivity contribution in [1.29, 1.82) is 0 Å². The van der Waals surface area contributed by atoms with E-state index in [1.165, 1.54) is 12.1 Å². The zero-order chi connectivity index (χ0) is 29.4. The molecule has 2 aliphatic heterocycles. The Morgan fingerprint density at radius 3 is 2.43 bits per heavy atom. The summed E-state index contributed by atoms with van der Waals surface area (Å²) >= 11 is 0. The molecule has 3 aromatic carbocycles. The number of aromatic nitrogens is 2. The smallest absolute Gasteiger partial charge is 0.380 e. The van der Waals surface area contributed by atoms with Crippen molar-refractivity contribution in [3.63, 3.8) is 0 Å². The highest BCUT2D eigenvalue weighted by atomic mass is 19.4. The topological polar surface area (TPSA) is 82.5 Å². The number of halogens is 3. The predicted octanol–water partition coefficient (Wildman–Crippen LogP) is 4.92. The monoisotopic (exact) mass is 574 g/mol. The van der Waals surface area contributed by atoms with E-state index in [4.69, 9.17) is 0 Å². The number of imidazole rings is 1. The second-order valence-electron chi connectivity index (χ2n) is 10.5. The van der Waals surface area contributed by atoms with Crippen LogP contribution >= 0.6 is 0 Å². The average Bonchev–Trinajstić information content (AvgIpc) is 3.60. The number of nitrogens with zero attached hydrogens (tertiary/aromatic N) is 4. The Morgan fingerprint density at radius 2 is 1.74 bits per heavy atom. The standard InChI is InChI=1S/C31H29F3N6O2/c1-38-18-28(37-19-38)26-15-21(4-9-27(26)35-16-20-2-5-23(6-3-20)31(32,33)34)30(42)40-12-10-39(11-13-40)24-7-8-25-22(14-24)17-36-29(25)41/h2-9,14-15,18-19,35H,10-13,16-17H2,1H3,(H,36,41). The maximum absolute atomic E-state index is 13.5. The minimum atomic E-state index is -4.38. The molecule has 4 aromatic rings. The second kappa shape index (κ2) is 10.9. The summed E-state index contributed by atoms with van der Waals surface area (Å²) in [7, 11) is 1.86. The lowest BCUT2D eigenvalue weighted by Gasteiger charge is -2.36. The van der Waals surface area contributed by atoms with E-state index < -0.39 is 11.7 Å². The van der Waals surface area contributed by atoms with E-state index in [1.807, 2.05) is 53.0 Å². The number of aryl methyl sites for hydroxylation is 1. The summed E-state index contributed by atoms with van der Waals surface area (Å²) < 4.78 is 40.6. The minimum Gasteiger partial charge on any atom is -0.380 e. The first-order valence-corrected chi connectivity index (χ1v) is 13.6. The van der Waals surface area contributed by atoms with Gasteiger partial charge in [0.2, 0.25) is 0 Å². The van der Waals surface area contributed by atoms with Gasteiger partial charge in [-0.05, 0) is 59.7 Å². The molecule has 6 rings (SSSR count). The van der Waals surface area contributed by atoms with Gasteiger partial charge in [-0.1, -0.05) is 12.1 Å². The molecule has 3 heterocycles. The van der Waals surface area contributed by atoms with Gasteiger partial charge in [-0.15, -0.1) is 0 Å². The van der Waals surface area contributed by atoms with Crippen molar-refractivity contribution in [3.8, 4) is 11.3 Å². The van der Waals surface area contributed by atoms with Gasteiger partial charge in [0, 0.05) is 80.6 Å². The molecule has 42 heavy (non-hydrogen) atoms. The highest BCUT2D eigenvalue weighted by Crippen LogP contribution is 2.31. The van der Waals surface area contributed by atoms with Crippen molar-refractivity contribution in [2.24, 2.45) is 7.05 Å². The minimum absolute atomic E-state index is 0.0437. The number of anilines is 2. The fraction of sp³-hybridized carbons (Fsp3) is 0.258. The van der Waals surface area contributed by atoms with Crippen LogP contribution in [-0.2, 0) is 26.3 Å². The summed E-state index contributed by atoms with van der Waals surface area (Å²) in [4.78, 5) is 33.9. The van der Waals surface area contributed by atoms with Crippen molar-refractivity contribution < 1.29 is 22.8 Å². The average molecular weight is 575 g/mol. The van der Waals surface area contributed by atoms with Crippen molar-refractivity contribution in [1.82, 2.24) is 19.8 Å². The summed E-state index contributed by atoms with van der Waals surface area (Å²) in [5.74, 6) is -0.122. The van der Waals surface area contributed by atoms with Crippen LogP contribution in [0.5, 0.6) is 0 Å². The lowest BCUT2D eigenvalue weighted by molar-refractivity contribution is -0.137. The van der Waals surface area contributed by atoms with Gasteiger partial charge in [-0.2, -0.15) is 13.2 Å². The number of carbonyl (C=O) groups is 2. The molecule has 2 aliphatic rings. The van der Waals surface area contributed by atoms with E-state index in [2.05, 4.69) is 20.5 Å². The number of alkyl halides is 3. The molecule has 0 unspecified atom stereocenters. The molecule has 1 saturated heterocycles. The molecular formula is C31H29F3N6O2. The molecule has 0 radical (unpaired) electrons. The Balaban J connectivity index is 1.16. The van der Waals surface area contributed by atoms with Gasteiger partial charge >= 0.3 is 6.18 Å². The van der Waals surface area contributed by atoms with Gasteiger partial charge in [0.25, 0.3) is 11.8 Å². The van der Waals surface area contributed by atoms with Gasteiger partial charge in [0.05, 0.1) is 17.6 Å². The van der Waals surface area contributed by atoms with Crippen molar-refractivity contribution in [3.05, 3.63) is 101 Å². The molecule has 0 bridgehead atoms. The Morgan fingerprint density at radius 1 is 0.976 bits per heavy atom. The molecule has 1 aromatic heterocycles. The number of rotatable bonds is 6. The highest BCUT2D eigenvalue weighted by molar-refractivity contribution is 5.99. The molecular weight excluding hydrogens is 545 g/mol. The van der Waals surface area contributed by atoms with Crippen LogP contribution in [-0.4, -0.2) is 52.4 Å². The number of amides is 2. The van der Waals surface area contributed by atoms with Crippen molar-refractivity contribution >= 4 is 23.2 Å². The number of carbonyl (C=O) groups excluding carboxylic acids is 2. The lowest BCUT2D eigenvalue weighted by atomic mass is 10.0. The number of piperazine rings is 1. The molecule has 8 nitrogen and oxygen atoms in total. The maximum atomic E-state index is 13.5. The van der Waals surface area contributed by atoms with Crippen LogP contribution in [0, 0.1) is 0 Å². The molecule has 1 fully saturated rings. The summed E-state index contributed by atoms with van der Waals surface area (Å²) in [5.41, 5.74) is 5.41. The molecule has 2 N–H and O–H groups in total. The van der Waals surface area contributed by atoms with E-state index in [-0.39, 0.29) is 11.8 Å². The predicted molar refractivity (Wildman–Crippen MR) is 153 cm³/mol. The number of hydrogen-bond acceptors (Lipinski definition) is 5. The number of fused-ring (bicyclic) bond motifs is 1. The molecule has 11 heteroatoms. The van der Waals surface area contributed by atoms with Crippen molar-refractivity contribution in [2.75, 3.05) is 36.4 Å². The Hall–Kier alpha value is -4.80. The lowest BCUT2D eigenvalue weighted by Crippen LogP contribution is -2.48. The van der Waals surface area contributed by atoms with Gasteiger partial charge in [-0.25, -0.2) is 4.98 Å². The van der Waals surface area contributed by atoms with Crippen LogP contribution in [0.25, 0.3) is 11.3 Å².